The van der Waals surface area contributed by atoms with Crippen LogP contribution >= 0.6 is 0 Å². The SMILES string of the molecule is CC(C)CCC[C@@H](C)[C@H]1CC[C@H]2[C@@H]3CC=C4C[C@@H](OC(=O)NCCCn5cc(NC(=O)c6cc([N+](=O)[O-])cn6C)cc5C(=O)Nc5cc(C(=O)NCCCN(C)C)n(C)c5)CC[C@]4(C)[C@H]3CC[C@]12C. The van der Waals surface area contributed by atoms with Crippen molar-refractivity contribution in [3.05, 3.63) is 75.6 Å². The number of nitro groups is 1. The number of hydrogen-bond donors (Lipinski definition) is 4. The van der Waals surface area contributed by atoms with Crippen LogP contribution in [0.1, 0.15) is 150 Å². The molecular weight excluding hydrogens is 875 g/mol. The van der Waals surface area contributed by atoms with Gasteiger partial charge in [-0.25, -0.2) is 4.79 Å². The number of nitrogens with one attached hydrogen (secondary N) is 4. The number of carbonyl (C=O) groups is 4. The van der Waals surface area contributed by atoms with Crippen molar-refractivity contribution < 1.29 is 28.8 Å². The van der Waals surface area contributed by atoms with Crippen molar-refractivity contribution in [1.82, 2.24) is 29.2 Å². The Balaban J connectivity index is 0.943. The van der Waals surface area contributed by atoms with E-state index in [1.165, 1.54) is 73.4 Å². The Bertz CT molecular complexity index is 2380. The number of fused-ring (bicyclic) bond motifs is 5. The molecule has 4 aliphatic rings. The van der Waals surface area contributed by atoms with Gasteiger partial charge >= 0.3 is 6.09 Å². The number of allylic oxidation sites excluding steroid dienone is 1. The molecule has 69 heavy (non-hydrogen) atoms. The summed E-state index contributed by atoms with van der Waals surface area (Å²) in [4.78, 5) is 66.3. The van der Waals surface area contributed by atoms with Gasteiger partial charge in [0.2, 0.25) is 0 Å². The third kappa shape index (κ3) is 11.6. The number of carbonyl (C=O) groups excluding carboxylic acids is 4. The number of aryl methyl sites for hydroxylation is 3. The van der Waals surface area contributed by atoms with E-state index in [2.05, 4.69) is 62.0 Å². The summed E-state index contributed by atoms with van der Waals surface area (Å²) in [5.41, 5.74) is 3.25. The van der Waals surface area contributed by atoms with Crippen LogP contribution in [0, 0.1) is 56.5 Å². The lowest BCUT2D eigenvalue weighted by Crippen LogP contribution is -2.51. The zero-order chi connectivity index (χ0) is 49.8. The second-order valence-electron chi connectivity index (χ2n) is 22.1. The zero-order valence-electron chi connectivity index (χ0n) is 42.7. The first kappa shape index (κ1) is 51.5. The fraction of sp³-hybridized carbons (Fsp3) is 0.660. The van der Waals surface area contributed by atoms with Crippen molar-refractivity contribution in [3.8, 4) is 0 Å². The van der Waals surface area contributed by atoms with E-state index in [0.29, 0.717) is 47.9 Å². The first-order valence-corrected chi connectivity index (χ1v) is 25.6. The van der Waals surface area contributed by atoms with Crippen LogP contribution in [-0.2, 0) is 25.4 Å². The predicted molar refractivity (Wildman–Crippen MR) is 269 cm³/mol. The number of alkyl carbamates (subject to hydrolysis) is 1. The Morgan fingerprint density at radius 3 is 2.20 bits per heavy atom. The standard InChI is InChI=1S/C53H79N9O7/c1-34(2)13-10-14-35(3)42-17-18-43-41-16-15-36-27-40(19-21-52(36,4)44(41)20-22-53(42,43)5)69-51(66)55-24-12-26-61-32-38(57-49(64)46-30-39(62(67)68)33-60(46)9)29-47(61)50(65)56-37-28-45(59(8)31-37)48(63)54-23-11-25-58(6)7/h15,28-35,40-44H,10-14,16-27H2,1-9H3,(H,54,63)(H,55,66)(H,56,65)(H,57,64)/t35-,40+,41+,42-,43+,44+,52+,53-/m1/s1. The molecule has 0 spiro atoms. The summed E-state index contributed by atoms with van der Waals surface area (Å²) < 4.78 is 10.8. The van der Waals surface area contributed by atoms with Crippen molar-refractivity contribution in [1.29, 1.82) is 0 Å². The number of rotatable bonds is 20. The normalized spacial score (nSPS) is 25.6. The molecule has 3 heterocycles. The highest BCUT2D eigenvalue weighted by Crippen LogP contribution is 2.67. The average Bonchev–Trinajstić information content (AvgIpc) is 4.07. The molecule has 3 aromatic heterocycles. The Kier molecular flexibility index (Phi) is 16.2. The third-order valence-electron chi connectivity index (χ3n) is 16.8. The Labute approximate surface area is 408 Å². The molecule has 4 amide bonds. The van der Waals surface area contributed by atoms with E-state index < -0.39 is 22.8 Å². The lowest BCUT2D eigenvalue weighted by atomic mass is 9.47. The molecule has 16 heteroatoms. The molecule has 0 aromatic carbocycles. The van der Waals surface area contributed by atoms with Gasteiger partial charge in [-0.05, 0) is 137 Å². The molecule has 0 radical (unpaired) electrons. The Morgan fingerprint density at radius 1 is 0.812 bits per heavy atom. The van der Waals surface area contributed by atoms with Gasteiger partial charge < -0.3 is 44.6 Å². The molecule has 16 nitrogen and oxygen atoms in total. The maximum Gasteiger partial charge on any atom is 0.407 e. The highest BCUT2D eigenvalue weighted by Gasteiger charge is 2.59. The molecule has 378 valence electrons. The average molecular weight is 954 g/mol. The van der Waals surface area contributed by atoms with Crippen LogP contribution in [0.5, 0.6) is 0 Å². The molecule has 3 fully saturated rings. The topological polar surface area (TPSA) is 187 Å². The smallest absolute Gasteiger partial charge is 0.407 e. The van der Waals surface area contributed by atoms with Gasteiger partial charge in [0.05, 0.1) is 22.5 Å². The van der Waals surface area contributed by atoms with Crippen molar-refractivity contribution in [2.45, 2.75) is 131 Å². The highest BCUT2D eigenvalue weighted by atomic mass is 16.6. The summed E-state index contributed by atoms with van der Waals surface area (Å²) in [6.45, 7) is 14.3. The summed E-state index contributed by atoms with van der Waals surface area (Å²) in [5.74, 6) is 3.30. The van der Waals surface area contributed by atoms with Gasteiger partial charge in [0.15, 0.2) is 0 Å². The van der Waals surface area contributed by atoms with E-state index in [1.54, 1.807) is 41.7 Å². The molecule has 3 saturated carbocycles. The number of hydrogen-bond acceptors (Lipinski definition) is 8. The summed E-state index contributed by atoms with van der Waals surface area (Å²) in [6, 6.07) is 4.32. The number of aromatic nitrogens is 3. The van der Waals surface area contributed by atoms with Crippen molar-refractivity contribution in [2.24, 2.45) is 60.4 Å². The van der Waals surface area contributed by atoms with Crippen molar-refractivity contribution in [2.75, 3.05) is 44.4 Å². The minimum Gasteiger partial charge on any atom is -0.446 e. The molecule has 4 N–H and O–H groups in total. The monoisotopic (exact) mass is 954 g/mol. The van der Waals surface area contributed by atoms with Gasteiger partial charge in [0.1, 0.15) is 23.2 Å². The summed E-state index contributed by atoms with van der Waals surface area (Å²) >= 11 is 0. The second-order valence-corrected chi connectivity index (χ2v) is 22.1. The fourth-order valence-electron chi connectivity index (χ4n) is 13.1. The minimum atomic E-state index is -0.586. The molecule has 8 atom stereocenters. The number of ether oxygens (including phenoxy) is 1. The molecule has 0 bridgehead atoms. The van der Waals surface area contributed by atoms with Gasteiger partial charge in [-0.2, -0.15) is 0 Å². The van der Waals surface area contributed by atoms with Crippen LogP contribution in [0.15, 0.2) is 48.4 Å². The van der Waals surface area contributed by atoms with E-state index in [1.807, 2.05) is 19.0 Å². The lowest BCUT2D eigenvalue weighted by molar-refractivity contribution is -0.384. The van der Waals surface area contributed by atoms with Gasteiger partial charge in [0.25, 0.3) is 23.4 Å². The molecule has 7 rings (SSSR count). The van der Waals surface area contributed by atoms with Crippen LogP contribution in [0.4, 0.5) is 21.9 Å². The highest BCUT2D eigenvalue weighted by molar-refractivity contribution is 6.07. The third-order valence-corrected chi connectivity index (χ3v) is 16.8. The molecule has 3 aromatic rings. The maximum absolute atomic E-state index is 13.9. The largest absolute Gasteiger partial charge is 0.446 e. The van der Waals surface area contributed by atoms with Gasteiger partial charge in [-0.1, -0.05) is 65.5 Å². The van der Waals surface area contributed by atoms with Crippen LogP contribution < -0.4 is 21.3 Å². The fourth-order valence-corrected chi connectivity index (χ4v) is 13.1. The first-order chi connectivity index (χ1) is 32.8. The molecular formula is C53H79N9O7. The van der Waals surface area contributed by atoms with Gasteiger partial charge in [-0.15, -0.1) is 0 Å². The van der Waals surface area contributed by atoms with Crippen molar-refractivity contribution >= 4 is 40.9 Å². The van der Waals surface area contributed by atoms with Crippen LogP contribution in [0.25, 0.3) is 0 Å². The number of nitrogens with zero attached hydrogens (tertiary/aromatic N) is 5. The summed E-state index contributed by atoms with van der Waals surface area (Å²) in [6.07, 6.45) is 20.9. The van der Waals surface area contributed by atoms with E-state index in [9.17, 15) is 29.3 Å². The van der Waals surface area contributed by atoms with E-state index in [0.717, 1.165) is 68.2 Å². The lowest BCUT2D eigenvalue weighted by Gasteiger charge is -2.58. The second kappa shape index (κ2) is 21.7. The minimum absolute atomic E-state index is 0.0723. The quantitative estimate of drug-likeness (QED) is 0.0373. The van der Waals surface area contributed by atoms with Crippen molar-refractivity contribution in [3.63, 3.8) is 0 Å². The van der Waals surface area contributed by atoms with E-state index in [-0.39, 0.29) is 41.0 Å². The Hall–Kier alpha value is -5.38. The summed E-state index contributed by atoms with van der Waals surface area (Å²) in [7, 11) is 7.22. The molecule has 0 aliphatic heterocycles. The maximum atomic E-state index is 13.9. The predicted octanol–water partition coefficient (Wildman–Crippen LogP) is 9.79. The van der Waals surface area contributed by atoms with Crippen LogP contribution in [0.3, 0.4) is 0 Å². The van der Waals surface area contributed by atoms with E-state index in [4.69, 9.17) is 4.74 Å². The van der Waals surface area contributed by atoms with Gasteiger partial charge in [0, 0.05) is 58.6 Å². The van der Waals surface area contributed by atoms with E-state index >= 15 is 0 Å². The molecule has 4 aliphatic carbocycles. The van der Waals surface area contributed by atoms with Crippen LogP contribution in [-0.4, -0.2) is 87.2 Å². The summed E-state index contributed by atoms with van der Waals surface area (Å²) in [5, 5.41) is 22.9. The Morgan fingerprint density at radius 2 is 1.49 bits per heavy atom. The van der Waals surface area contributed by atoms with Crippen LogP contribution in [0.2, 0.25) is 0 Å². The number of anilines is 2. The molecule has 0 unspecified atom stereocenters. The number of amides is 4. The zero-order valence-corrected chi connectivity index (χ0v) is 42.7. The molecule has 0 saturated heterocycles. The first-order valence-electron chi connectivity index (χ1n) is 25.6. The van der Waals surface area contributed by atoms with Gasteiger partial charge in [-0.3, -0.25) is 24.5 Å².